The first-order valence-corrected chi connectivity index (χ1v) is 8.24. The maximum absolute atomic E-state index is 13.2. The van der Waals surface area contributed by atoms with E-state index in [1.165, 1.54) is 42.5 Å². The molecule has 0 fully saturated rings. The zero-order chi connectivity index (χ0) is 21.0. The van der Waals surface area contributed by atoms with Crippen molar-refractivity contribution in [1.29, 1.82) is 0 Å². The molecule has 2 amide bonds. The first-order valence-electron chi connectivity index (χ1n) is 8.24. The molecule has 148 valence electrons. The summed E-state index contributed by atoms with van der Waals surface area (Å²) in [5, 5.41) is 5.01. The molecule has 0 saturated carbocycles. The van der Waals surface area contributed by atoms with Crippen LogP contribution in [0.4, 0.5) is 28.9 Å². The van der Waals surface area contributed by atoms with E-state index >= 15 is 0 Å². The summed E-state index contributed by atoms with van der Waals surface area (Å²) < 4.78 is 50.8. The molecular weight excluding hydrogens is 390 g/mol. The topological polar surface area (TPSA) is 71.1 Å². The van der Waals surface area contributed by atoms with Crippen LogP contribution in [-0.2, 0) is 6.18 Å². The lowest BCUT2D eigenvalue weighted by Gasteiger charge is -2.09. The fourth-order valence-corrected chi connectivity index (χ4v) is 2.41. The van der Waals surface area contributed by atoms with Gasteiger partial charge in [-0.3, -0.25) is 14.6 Å². The highest BCUT2D eigenvalue weighted by atomic mass is 19.4. The summed E-state index contributed by atoms with van der Waals surface area (Å²) in [5.74, 6) is -1.72. The zero-order valence-corrected chi connectivity index (χ0v) is 14.6. The lowest BCUT2D eigenvalue weighted by molar-refractivity contribution is -0.141. The quantitative estimate of drug-likeness (QED) is 0.618. The number of pyridine rings is 1. The maximum Gasteiger partial charge on any atom is 0.433 e. The van der Waals surface area contributed by atoms with Crippen molar-refractivity contribution in [2.24, 2.45) is 0 Å². The van der Waals surface area contributed by atoms with Gasteiger partial charge in [0, 0.05) is 23.1 Å². The van der Waals surface area contributed by atoms with Gasteiger partial charge in [-0.25, -0.2) is 4.39 Å². The van der Waals surface area contributed by atoms with Crippen molar-refractivity contribution in [3.05, 3.63) is 89.5 Å². The van der Waals surface area contributed by atoms with Gasteiger partial charge in [-0.15, -0.1) is 0 Å². The summed E-state index contributed by atoms with van der Waals surface area (Å²) in [5.41, 5.74) is -0.475. The van der Waals surface area contributed by atoms with Crippen LogP contribution in [0.5, 0.6) is 0 Å². The van der Waals surface area contributed by atoms with Gasteiger partial charge in [-0.2, -0.15) is 13.2 Å². The molecule has 29 heavy (non-hydrogen) atoms. The van der Waals surface area contributed by atoms with Gasteiger partial charge in [0.25, 0.3) is 11.8 Å². The average molecular weight is 403 g/mol. The van der Waals surface area contributed by atoms with Crippen LogP contribution in [0, 0.1) is 5.82 Å². The molecule has 0 aliphatic carbocycles. The molecule has 0 unspecified atom stereocenters. The number of benzene rings is 2. The van der Waals surface area contributed by atoms with Crippen molar-refractivity contribution in [3.8, 4) is 0 Å². The van der Waals surface area contributed by atoms with Gasteiger partial charge in [-0.05, 0) is 48.5 Å². The van der Waals surface area contributed by atoms with Crippen LogP contribution in [-0.4, -0.2) is 16.8 Å². The molecule has 5 nitrogen and oxygen atoms in total. The van der Waals surface area contributed by atoms with Gasteiger partial charge in [0.1, 0.15) is 11.5 Å². The van der Waals surface area contributed by atoms with Crippen LogP contribution < -0.4 is 10.6 Å². The summed E-state index contributed by atoms with van der Waals surface area (Å²) >= 11 is 0. The number of rotatable bonds is 4. The molecule has 2 aromatic carbocycles. The highest BCUT2D eigenvalue weighted by Crippen LogP contribution is 2.27. The Morgan fingerprint density at radius 1 is 0.793 bits per heavy atom. The Morgan fingerprint density at radius 2 is 1.41 bits per heavy atom. The number of anilines is 2. The molecule has 3 rings (SSSR count). The van der Waals surface area contributed by atoms with Gasteiger partial charge >= 0.3 is 6.18 Å². The van der Waals surface area contributed by atoms with Crippen molar-refractivity contribution in [2.45, 2.75) is 6.18 Å². The molecule has 3 aromatic rings. The number of nitrogens with zero attached hydrogens (tertiary/aromatic N) is 1. The van der Waals surface area contributed by atoms with E-state index in [1.807, 2.05) is 0 Å². The Hall–Kier alpha value is -3.75. The lowest BCUT2D eigenvalue weighted by Crippen LogP contribution is -2.15. The number of amides is 2. The predicted molar refractivity (Wildman–Crippen MR) is 98.0 cm³/mol. The normalized spacial score (nSPS) is 11.0. The Balaban J connectivity index is 1.70. The van der Waals surface area contributed by atoms with E-state index in [9.17, 15) is 27.2 Å². The summed E-state index contributed by atoms with van der Waals surface area (Å²) in [7, 11) is 0. The molecule has 0 radical (unpaired) electrons. The summed E-state index contributed by atoms with van der Waals surface area (Å²) in [6.07, 6.45) is -3.78. The number of halogens is 4. The Morgan fingerprint density at radius 3 is 2.00 bits per heavy atom. The molecule has 9 heteroatoms. The van der Waals surface area contributed by atoms with Crippen LogP contribution in [0.2, 0.25) is 0 Å². The molecule has 0 spiro atoms. The summed E-state index contributed by atoms with van der Waals surface area (Å²) in [6, 6.07) is 13.0. The number of hydrogen-bond donors (Lipinski definition) is 2. The maximum atomic E-state index is 13.2. The zero-order valence-electron chi connectivity index (χ0n) is 14.6. The molecular formula is C20H13F4N3O2. The molecule has 0 aliphatic heterocycles. The minimum absolute atomic E-state index is 0.0763. The molecule has 0 saturated heterocycles. The van der Waals surface area contributed by atoms with E-state index < -0.39 is 29.5 Å². The van der Waals surface area contributed by atoms with Crippen molar-refractivity contribution < 1.29 is 27.2 Å². The summed E-state index contributed by atoms with van der Waals surface area (Å²) in [6.45, 7) is 0. The third kappa shape index (κ3) is 5.16. The Kier molecular flexibility index (Phi) is 5.58. The minimum atomic E-state index is -4.60. The second-order valence-electron chi connectivity index (χ2n) is 5.93. The predicted octanol–water partition coefficient (Wildman–Crippen LogP) is 4.74. The molecule has 0 aliphatic rings. The number of carbonyl (C=O) groups excluding carboxylic acids is 2. The van der Waals surface area contributed by atoms with Gasteiger partial charge in [0.15, 0.2) is 0 Å². The van der Waals surface area contributed by atoms with E-state index in [0.29, 0.717) is 6.07 Å². The van der Waals surface area contributed by atoms with Gasteiger partial charge in [0.2, 0.25) is 0 Å². The largest absolute Gasteiger partial charge is 0.433 e. The first-order chi connectivity index (χ1) is 13.7. The molecule has 0 bridgehead atoms. The standard InChI is InChI=1S/C20H13F4N3O2/c21-14-4-2-6-16(10-14)27-18(28)12-3-1-5-15(9-12)26-19(29)13-7-8-17(25-11-13)20(22,23)24/h1-11H,(H,26,29)(H,27,28). The molecule has 1 heterocycles. The number of nitrogens with one attached hydrogen (secondary N) is 2. The molecule has 1 aromatic heterocycles. The van der Waals surface area contributed by atoms with Crippen molar-refractivity contribution >= 4 is 23.2 Å². The van der Waals surface area contributed by atoms with Crippen LogP contribution in [0.3, 0.4) is 0 Å². The van der Waals surface area contributed by atoms with Gasteiger partial charge < -0.3 is 10.6 Å². The van der Waals surface area contributed by atoms with Crippen LogP contribution >= 0.6 is 0 Å². The fourth-order valence-electron chi connectivity index (χ4n) is 2.41. The van der Waals surface area contributed by atoms with E-state index in [4.69, 9.17) is 0 Å². The minimum Gasteiger partial charge on any atom is -0.322 e. The van der Waals surface area contributed by atoms with E-state index in [2.05, 4.69) is 15.6 Å². The lowest BCUT2D eigenvalue weighted by atomic mass is 10.1. The second kappa shape index (κ2) is 8.09. The Bertz CT molecular complexity index is 1050. The van der Waals surface area contributed by atoms with Crippen molar-refractivity contribution in [3.63, 3.8) is 0 Å². The number of alkyl halides is 3. The highest BCUT2D eigenvalue weighted by molar-refractivity contribution is 6.07. The average Bonchev–Trinajstić information content (AvgIpc) is 2.67. The SMILES string of the molecule is O=C(Nc1cccc(C(=O)Nc2cccc(F)c2)c1)c1ccc(C(F)(F)F)nc1. The van der Waals surface area contributed by atoms with E-state index in [-0.39, 0.29) is 22.5 Å². The number of hydrogen-bond acceptors (Lipinski definition) is 3. The molecule has 0 atom stereocenters. The number of carbonyl (C=O) groups is 2. The summed E-state index contributed by atoms with van der Waals surface area (Å²) in [4.78, 5) is 27.7. The number of aromatic nitrogens is 1. The van der Waals surface area contributed by atoms with E-state index in [1.54, 1.807) is 0 Å². The van der Waals surface area contributed by atoms with Gasteiger partial charge in [0.05, 0.1) is 5.56 Å². The third-order valence-electron chi connectivity index (χ3n) is 3.78. The van der Waals surface area contributed by atoms with Gasteiger partial charge in [-0.1, -0.05) is 12.1 Å². The van der Waals surface area contributed by atoms with Crippen LogP contribution in [0.1, 0.15) is 26.4 Å². The van der Waals surface area contributed by atoms with Crippen molar-refractivity contribution in [2.75, 3.05) is 10.6 Å². The van der Waals surface area contributed by atoms with Crippen LogP contribution in [0.15, 0.2) is 66.9 Å². The van der Waals surface area contributed by atoms with Crippen LogP contribution in [0.25, 0.3) is 0 Å². The highest BCUT2D eigenvalue weighted by Gasteiger charge is 2.32. The Labute approximate surface area is 162 Å². The second-order valence-corrected chi connectivity index (χ2v) is 5.93. The first kappa shape index (κ1) is 20.0. The monoisotopic (exact) mass is 403 g/mol. The van der Waals surface area contributed by atoms with E-state index in [0.717, 1.165) is 18.3 Å². The van der Waals surface area contributed by atoms with Crippen molar-refractivity contribution in [1.82, 2.24) is 4.98 Å². The smallest absolute Gasteiger partial charge is 0.322 e. The third-order valence-corrected chi connectivity index (χ3v) is 3.78. The fraction of sp³-hybridized carbons (Fsp3) is 0.0500. The molecule has 2 N–H and O–H groups in total.